The Morgan fingerprint density at radius 2 is 1.65 bits per heavy atom. The number of thioether (sulfide) groups is 1. The zero-order chi connectivity index (χ0) is 31.3. The van der Waals surface area contributed by atoms with Crippen molar-refractivity contribution < 1.29 is 14.4 Å². The minimum Gasteiger partial charge on any atom is -0.339 e. The Morgan fingerprint density at radius 3 is 2.28 bits per heavy atom. The van der Waals surface area contributed by atoms with Crippen molar-refractivity contribution in [2.24, 2.45) is 5.41 Å². The van der Waals surface area contributed by atoms with Crippen LogP contribution >= 0.6 is 23.1 Å². The van der Waals surface area contributed by atoms with E-state index in [1.165, 1.54) is 11.3 Å². The van der Waals surface area contributed by atoms with Gasteiger partial charge < -0.3 is 15.1 Å². The van der Waals surface area contributed by atoms with E-state index in [0.717, 1.165) is 38.6 Å². The van der Waals surface area contributed by atoms with Crippen molar-refractivity contribution in [2.45, 2.75) is 71.0 Å². The molecule has 0 spiro atoms. The summed E-state index contributed by atoms with van der Waals surface area (Å²) in [7, 11) is 0. The first kappa shape index (κ1) is 32.7. The molecule has 8 nitrogen and oxygen atoms in total. The smallest absolute Gasteiger partial charge is 0.257 e. The first-order valence-corrected chi connectivity index (χ1v) is 16.5. The number of aromatic nitrogens is 1. The second-order valence-corrected chi connectivity index (χ2v) is 14.6. The summed E-state index contributed by atoms with van der Waals surface area (Å²) < 4.78 is 0.983. The highest BCUT2D eigenvalue weighted by Crippen LogP contribution is 2.32. The summed E-state index contributed by atoms with van der Waals surface area (Å²) in [6.07, 6.45) is 1.78. The number of amides is 3. The van der Waals surface area contributed by atoms with Crippen LogP contribution in [0.25, 0.3) is 0 Å². The van der Waals surface area contributed by atoms with Crippen LogP contribution in [0.3, 0.4) is 0 Å². The second-order valence-electron chi connectivity index (χ2n) is 12.3. The molecule has 1 atom stereocenters. The molecule has 0 bridgehead atoms. The van der Waals surface area contributed by atoms with Crippen LogP contribution in [0.15, 0.2) is 46.8 Å². The highest BCUT2D eigenvalue weighted by molar-refractivity contribution is 8.00. The fraction of sp³-hybridized carbons (Fsp3) is 0.455. The lowest BCUT2D eigenvalue weighted by molar-refractivity contribution is -0.130. The Morgan fingerprint density at radius 1 is 1.00 bits per heavy atom. The molecule has 0 radical (unpaired) electrons. The van der Waals surface area contributed by atoms with Gasteiger partial charge in [-0.15, -0.1) is 11.8 Å². The van der Waals surface area contributed by atoms with E-state index in [4.69, 9.17) is 0 Å². The van der Waals surface area contributed by atoms with Crippen LogP contribution in [0, 0.1) is 19.3 Å². The standard InChI is InChI=1S/C33H43N5O3S2/c1-21-16-26(17-28(22(21)2)31(41)38-14-12-37(13-15-38)24(4)39)20-42-29-19-35-32(43-29)36-30(40)27-10-8-25(9-11-27)18-34-23(3)33(5,6)7/h8-11,16-17,19,23,34H,12-15,18,20H2,1-7H3,(H,35,36,40)/t23-/m0/s1. The summed E-state index contributed by atoms with van der Waals surface area (Å²) in [5, 5.41) is 7.02. The molecule has 2 N–H and O–H groups in total. The third kappa shape index (κ3) is 8.68. The molecule has 1 aliphatic heterocycles. The van der Waals surface area contributed by atoms with E-state index < -0.39 is 0 Å². The zero-order valence-corrected chi connectivity index (χ0v) is 27.9. The number of hydrogen-bond donors (Lipinski definition) is 2. The molecule has 0 aliphatic carbocycles. The number of aryl methyl sites for hydroxylation is 1. The fourth-order valence-corrected chi connectivity index (χ4v) is 6.49. The first-order chi connectivity index (χ1) is 20.3. The van der Waals surface area contributed by atoms with E-state index in [9.17, 15) is 14.4 Å². The lowest BCUT2D eigenvalue weighted by Crippen LogP contribution is -2.50. The minimum atomic E-state index is -0.185. The largest absolute Gasteiger partial charge is 0.339 e. The third-order valence-electron chi connectivity index (χ3n) is 8.18. The molecule has 2 aromatic carbocycles. The van der Waals surface area contributed by atoms with E-state index in [2.05, 4.69) is 49.4 Å². The van der Waals surface area contributed by atoms with Gasteiger partial charge in [0.15, 0.2) is 5.13 Å². The molecule has 1 fully saturated rings. The summed E-state index contributed by atoms with van der Waals surface area (Å²) in [5.74, 6) is 0.558. The molecule has 10 heteroatoms. The molecule has 3 aromatic rings. The number of carbonyl (C=O) groups is 3. The number of nitrogens with one attached hydrogen (secondary N) is 2. The van der Waals surface area contributed by atoms with Crippen LogP contribution in [0.2, 0.25) is 0 Å². The van der Waals surface area contributed by atoms with Crippen molar-refractivity contribution in [3.8, 4) is 0 Å². The number of hydrogen-bond acceptors (Lipinski definition) is 7. The molecule has 1 aliphatic rings. The lowest BCUT2D eigenvalue weighted by Gasteiger charge is -2.34. The number of benzene rings is 2. The molecule has 3 amide bonds. The van der Waals surface area contributed by atoms with E-state index in [1.54, 1.807) is 29.8 Å². The third-order valence-corrected chi connectivity index (χ3v) is 10.4. The van der Waals surface area contributed by atoms with Crippen molar-refractivity contribution in [2.75, 3.05) is 31.5 Å². The molecule has 0 unspecified atom stereocenters. The second kappa shape index (κ2) is 14.1. The highest BCUT2D eigenvalue weighted by Gasteiger charge is 2.25. The normalized spacial score (nSPS) is 14.5. The van der Waals surface area contributed by atoms with Crippen LogP contribution in [0.1, 0.15) is 77.6 Å². The molecule has 230 valence electrons. The number of anilines is 1. The quantitative estimate of drug-likeness (QED) is 0.279. The topological polar surface area (TPSA) is 94.6 Å². The van der Waals surface area contributed by atoms with Gasteiger partial charge in [-0.05, 0) is 66.6 Å². The van der Waals surface area contributed by atoms with Crippen molar-refractivity contribution in [1.82, 2.24) is 20.1 Å². The summed E-state index contributed by atoms with van der Waals surface area (Å²) >= 11 is 3.07. The molecule has 43 heavy (non-hydrogen) atoms. The summed E-state index contributed by atoms with van der Waals surface area (Å²) in [5.41, 5.74) is 5.74. The van der Waals surface area contributed by atoms with Gasteiger partial charge in [0.2, 0.25) is 5.91 Å². The monoisotopic (exact) mass is 621 g/mol. The van der Waals surface area contributed by atoms with E-state index in [-0.39, 0.29) is 23.1 Å². The Bertz CT molecular complexity index is 1450. The van der Waals surface area contributed by atoms with Gasteiger partial charge in [-0.2, -0.15) is 0 Å². The number of piperazine rings is 1. The molecule has 1 aromatic heterocycles. The van der Waals surface area contributed by atoms with E-state index >= 15 is 0 Å². The van der Waals surface area contributed by atoms with Gasteiger partial charge in [-0.1, -0.05) is 50.3 Å². The van der Waals surface area contributed by atoms with Crippen molar-refractivity contribution in [3.63, 3.8) is 0 Å². The minimum absolute atomic E-state index is 0.0159. The summed E-state index contributed by atoms with van der Waals surface area (Å²) in [6.45, 7) is 17.4. The maximum absolute atomic E-state index is 13.4. The number of nitrogens with zero attached hydrogens (tertiary/aromatic N) is 3. The van der Waals surface area contributed by atoms with Gasteiger partial charge in [-0.25, -0.2) is 4.98 Å². The Labute approximate surface area is 263 Å². The number of rotatable bonds is 9. The Hall–Kier alpha value is -3.21. The molecule has 0 saturated carbocycles. The van der Waals surface area contributed by atoms with Crippen LogP contribution in [0.5, 0.6) is 0 Å². The number of thiazole rings is 1. The van der Waals surface area contributed by atoms with Crippen LogP contribution in [-0.2, 0) is 17.1 Å². The maximum Gasteiger partial charge on any atom is 0.257 e. The summed E-state index contributed by atoms with van der Waals surface area (Å²) in [4.78, 5) is 45.9. The van der Waals surface area contributed by atoms with Crippen molar-refractivity contribution >= 4 is 46.0 Å². The van der Waals surface area contributed by atoms with Crippen LogP contribution in [-0.4, -0.2) is 64.7 Å². The van der Waals surface area contributed by atoms with Crippen LogP contribution in [0.4, 0.5) is 5.13 Å². The lowest BCUT2D eigenvalue weighted by atomic mass is 9.88. The van der Waals surface area contributed by atoms with Gasteiger partial charge in [0.05, 0.1) is 10.4 Å². The molecule has 4 rings (SSSR count). The first-order valence-electron chi connectivity index (χ1n) is 14.7. The van der Waals surface area contributed by atoms with Gasteiger partial charge in [0, 0.05) is 62.6 Å². The molecular formula is C33H43N5O3S2. The Kier molecular flexibility index (Phi) is 10.7. The van der Waals surface area contributed by atoms with E-state index in [0.29, 0.717) is 48.7 Å². The van der Waals surface area contributed by atoms with Crippen LogP contribution < -0.4 is 10.6 Å². The van der Waals surface area contributed by atoms with Gasteiger partial charge in [0.25, 0.3) is 11.8 Å². The van der Waals surface area contributed by atoms with Gasteiger partial charge in [-0.3, -0.25) is 19.7 Å². The zero-order valence-electron chi connectivity index (χ0n) is 26.2. The van der Waals surface area contributed by atoms with Gasteiger partial charge >= 0.3 is 0 Å². The fourth-order valence-electron chi connectivity index (χ4n) is 4.69. The molecule has 2 heterocycles. The highest BCUT2D eigenvalue weighted by atomic mass is 32.2. The SMILES string of the molecule is CC(=O)N1CCN(C(=O)c2cc(CSc3cnc(NC(=O)c4ccc(CN[C@@H](C)C(C)(C)C)cc4)s3)cc(C)c2C)CC1. The average molecular weight is 622 g/mol. The Balaban J connectivity index is 1.32. The van der Waals surface area contributed by atoms with Crippen molar-refractivity contribution in [1.29, 1.82) is 0 Å². The summed E-state index contributed by atoms with van der Waals surface area (Å²) in [6, 6.07) is 12.1. The number of carbonyl (C=O) groups excluding carboxylic acids is 3. The van der Waals surface area contributed by atoms with Crippen molar-refractivity contribution in [3.05, 3.63) is 76.0 Å². The predicted molar refractivity (Wildman–Crippen MR) is 176 cm³/mol. The average Bonchev–Trinajstić information content (AvgIpc) is 3.42. The van der Waals surface area contributed by atoms with Gasteiger partial charge in [0.1, 0.15) is 0 Å². The predicted octanol–water partition coefficient (Wildman–Crippen LogP) is 6.13. The molecule has 1 saturated heterocycles. The van der Waals surface area contributed by atoms with E-state index in [1.807, 2.05) is 49.1 Å². The maximum atomic E-state index is 13.4. The molecular weight excluding hydrogens is 579 g/mol.